The van der Waals surface area contributed by atoms with E-state index in [1.54, 1.807) is 0 Å². The largest absolute Gasteiger partial charge is 0.505 e. The van der Waals surface area contributed by atoms with Crippen molar-refractivity contribution in [1.82, 2.24) is 0 Å². The predicted octanol–water partition coefficient (Wildman–Crippen LogP) is 2.04. The monoisotopic (exact) mass is 301 g/mol. The molecule has 7 heteroatoms. The van der Waals surface area contributed by atoms with E-state index in [0.717, 1.165) is 0 Å². The summed E-state index contributed by atoms with van der Waals surface area (Å²) in [6, 6.07) is 9.39. The van der Waals surface area contributed by atoms with Gasteiger partial charge in [0.1, 0.15) is 5.56 Å². The van der Waals surface area contributed by atoms with Gasteiger partial charge >= 0.3 is 11.9 Å². The van der Waals surface area contributed by atoms with E-state index in [0.29, 0.717) is 0 Å². The van der Waals surface area contributed by atoms with Crippen LogP contribution in [0.3, 0.4) is 0 Å². The van der Waals surface area contributed by atoms with Gasteiger partial charge in [-0.2, -0.15) is 0 Å². The smallest absolute Gasteiger partial charge is 0.339 e. The standard InChI is InChI=1S/C15H11NO6/c17-12-10(15(21)22)6-3-7-11(12)16-13(18)8-4-1-2-5-9(8)14(19)20/h1-7,17H,(H,16,18)(H,19,20)(H,21,22). The molecule has 0 bridgehead atoms. The van der Waals surface area contributed by atoms with Gasteiger partial charge < -0.3 is 20.6 Å². The zero-order valence-electron chi connectivity index (χ0n) is 11.1. The zero-order chi connectivity index (χ0) is 16.3. The number of aromatic carboxylic acids is 2. The third-order valence-corrected chi connectivity index (χ3v) is 2.92. The molecule has 1 amide bonds. The quantitative estimate of drug-likeness (QED) is 0.641. The number of hydrogen-bond donors (Lipinski definition) is 4. The second kappa shape index (κ2) is 5.96. The second-order valence-electron chi connectivity index (χ2n) is 4.31. The number of nitrogens with one attached hydrogen (secondary N) is 1. The molecule has 0 heterocycles. The summed E-state index contributed by atoms with van der Waals surface area (Å²) >= 11 is 0. The van der Waals surface area contributed by atoms with Crippen LogP contribution in [-0.2, 0) is 0 Å². The minimum absolute atomic E-state index is 0.102. The van der Waals surface area contributed by atoms with E-state index in [4.69, 9.17) is 10.2 Å². The van der Waals surface area contributed by atoms with Crippen molar-refractivity contribution in [1.29, 1.82) is 0 Å². The molecule has 4 N–H and O–H groups in total. The number of benzene rings is 2. The van der Waals surface area contributed by atoms with Crippen molar-refractivity contribution >= 4 is 23.5 Å². The van der Waals surface area contributed by atoms with Crippen LogP contribution >= 0.6 is 0 Å². The summed E-state index contributed by atoms with van der Waals surface area (Å²) in [5.41, 5.74) is -0.793. The van der Waals surface area contributed by atoms with E-state index in [9.17, 15) is 19.5 Å². The lowest BCUT2D eigenvalue weighted by atomic mass is 10.1. The van der Waals surface area contributed by atoms with Gasteiger partial charge in [0.2, 0.25) is 0 Å². The minimum Gasteiger partial charge on any atom is -0.505 e. The number of amides is 1. The number of carbonyl (C=O) groups excluding carboxylic acids is 1. The molecule has 0 aromatic heterocycles. The highest BCUT2D eigenvalue weighted by atomic mass is 16.4. The minimum atomic E-state index is -1.35. The van der Waals surface area contributed by atoms with Crippen LogP contribution in [0.25, 0.3) is 0 Å². The van der Waals surface area contributed by atoms with Gasteiger partial charge in [0.05, 0.1) is 16.8 Å². The number of carbonyl (C=O) groups is 3. The lowest BCUT2D eigenvalue weighted by molar-refractivity contribution is 0.0683. The van der Waals surface area contributed by atoms with Crippen molar-refractivity contribution in [2.75, 3.05) is 5.32 Å². The zero-order valence-corrected chi connectivity index (χ0v) is 11.1. The number of phenols is 1. The maximum Gasteiger partial charge on any atom is 0.339 e. The molecule has 2 aromatic carbocycles. The molecule has 2 aromatic rings. The van der Waals surface area contributed by atoms with E-state index >= 15 is 0 Å². The number of carboxylic acid groups (broad SMARTS) is 2. The van der Waals surface area contributed by atoms with Crippen LogP contribution in [0.4, 0.5) is 5.69 Å². The molecule has 0 unspecified atom stereocenters. The molecule has 0 aliphatic rings. The normalized spacial score (nSPS) is 10.0. The number of para-hydroxylation sites is 1. The molecule has 7 nitrogen and oxygen atoms in total. The Labute approximate surface area is 124 Å². The number of anilines is 1. The summed E-state index contributed by atoms with van der Waals surface area (Å²) in [5, 5.41) is 30.1. The van der Waals surface area contributed by atoms with Crippen LogP contribution in [0.1, 0.15) is 31.1 Å². The molecular formula is C15H11NO6. The first-order valence-corrected chi connectivity index (χ1v) is 6.10. The van der Waals surface area contributed by atoms with Crippen molar-refractivity contribution in [2.24, 2.45) is 0 Å². The Balaban J connectivity index is 2.37. The Kier molecular flexibility index (Phi) is 4.08. The summed E-state index contributed by atoms with van der Waals surface area (Å²) in [6.45, 7) is 0. The van der Waals surface area contributed by atoms with Crippen LogP contribution in [-0.4, -0.2) is 33.2 Å². The van der Waals surface area contributed by atoms with Gasteiger partial charge in [0.25, 0.3) is 5.91 Å². The molecule has 22 heavy (non-hydrogen) atoms. The summed E-state index contributed by atoms with van der Waals surface area (Å²) < 4.78 is 0. The van der Waals surface area contributed by atoms with Crippen molar-refractivity contribution in [3.8, 4) is 5.75 Å². The molecule has 0 aliphatic carbocycles. The Morgan fingerprint density at radius 1 is 0.773 bits per heavy atom. The lowest BCUT2D eigenvalue weighted by Gasteiger charge is -2.10. The highest BCUT2D eigenvalue weighted by Crippen LogP contribution is 2.28. The number of hydrogen-bond acceptors (Lipinski definition) is 4. The molecule has 0 spiro atoms. The van der Waals surface area contributed by atoms with Crippen molar-refractivity contribution in [3.63, 3.8) is 0 Å². The molecular weight excluding hydrogens is 290 g/mol. The third-order valence-electron chi connectivity index (χ3n) is 2.92. The average molecular weight is 301 g/mol. The Morgan fingerprint density at radius 3 is 1.91 bits per heavy atom. The van der Waals surface area contributed by atoms with Crippen molar-refractivity contribution in [2.45, 2.75) is 0 Å². The van der Waals surface area contributed by atoms with Crippen molar-refractivity contribution in [3.05, 3.63) is 59.2 Å². The van der Waals surface area contributed by atoms with Crippen LogP contribution in [0, 0.1) is 0 Å². The summed E-state index contributed by atoms with van der Waals surface area (Å²) in [6.07, 6.45) is 0. The Morgan fingerprint density at radius 2 is 1.32 bits per heavy atom. The predicted molar refractivity (Wildman–Crippen MR) is 76.4 cm³/mol. The highest BCUT2D eigenvalue weighted by Gasteiger charge is 2.19. The maximum absolute atomic E-state index is 12.1. The first-order chi connectivity index (χ1) is 10.4. The van der Waals surface area contributed by atoms with Gasteiger partial charge in [0.15, 0.2) is 5.75 Å². The number of carboxylic acids is 2. The summed E-state index contributed by atoms with van der Waals surface area (Å²) in [7, 11) is 0. The van der Waals surface area contributed by atoms with E-state index in [-0.39, 0.29) is 22.4 Å². The molecule has 0 atom stereocenters. The first-order valence-electron chi connectivity index (χ1n) is 6.10. The van der Waals surface area contributed by atoms with E-state index in [2.05, 4.69) is 5.32 Å². The second-order valence-corrected chi connectivity index (χ2v) is 4.31. The topological polar surface area (TPSA) is 124 Å². The average Bonchev–Trinajstić information content (AvgIpc) is 2.49. The van der Waals surface area contributed by atoms with Crippen LogP contribution < -0.4 is 5.32 Å². The Hall–Kier alpha value is -3.35. The first kappa shape index (κ1) is 15.0. The molecule has 0 fully saturated rings. The van der Waals surface area contributed by atoms with Crippen LogP contribution in [0.2, 0.25) is 0 Å². The van der Waals surface area contributed by atoms with Gasteiger partial charge in [-0.05, 0) is 24.3 Å². The fraction of sp³-hybridized carbons (Fsp3) is 0. The number of aromatic hydroxyl groups is 1. The molecule has 0 aliphatic heterocycles. The van der Waals surface area contributed by atoms with Gasteiger partial charge in [-0.3, -0.25) is 4.79 Å². The molecule has 0 radical (unpaired) electrons. The fourth-order valence-electron chi connectivity index (χ4n) is 1.87. The van der Waals surface area contributed by atoms with E-state index < -0.39 is 23.6 Å². The number of rotatable bonds is 4. The molecule has 0 saturated heterocycles. The SMILES string of the molecule is O=C(O)c1ccccc1C(=O)Nc1cccc(C(=O)O)c1O. The third kappa shape index (κ3) is 2.88. The lowest BCUT2D eigenvalue weighted by Crippen LogP contribution is -2.16. The van der Waals surface area contributed by atoms with Gasteiger partial charge in [-0.25, -0.2) is 9.59 Å². The van der Waals surface area contributed by atoms with Crippen LogP contribution in [0.15, 0.2) is 42.5 Å². The molecule has 112 valence electrons. The summed E-state index contributed by atoms with van der Waals surface area (Å²) in [5.74, 6) is -3.99. The highest BCUT2D eigenvalue weighted by molar-refractivity contribution is 6.11. The van der Waals surface area contributed by atoms with E-state index in [1.807, 2.05) is 0 Å². The van der Waals surface area contributed by atoms with Gasteiger partial charge in [-0.1, -0.05) is 18.2 Å². The van der Waals surface area contributed by atoms with Gasteiger partial charge in [0, 0.05) is 0 Å². The van der Waals surface area contributed by atoms with Crippen LogP contribution in [0.5, 0.6) is 5.75 Å². The maximum atomic E-state index is 12.1. The van der Waals surface area contributed by atoms with Gasteiger partial charge in [-0.15, -0.1) is 0 Å². The molecule has 0 saturated carbocycles. The van der Waals surface area contributed by atoms with Crippen molar-refractivity contribution < 1.29 is 29.7 Å². The summed E-state index contributed by atoms with van der Waals surface area (Å²) in [4.78, 5) is 34.1. The van der Waals surface area contributed by atoms with E-state index in [1.165, 1.54) is 42.5 Å². The molecule has 2 rings (SSSR count). The fourth-order valence-corrected chi connectivity index (χ4v) is 1.87. The Bertz CT molecular complexity index is 768.